The van der Waals surface area contributed by atoms with Crippen molar-refractivity contribution in [2.75, 3.05) is 5.75 Å². The van der Waals surface area contributed by atoms with Crippen LogP contribution in [0.3, 0.4) is 0 Å². The minimum atomic E-state index is -0.188. The third kappa shape index (κ3) is 6.23. The summed E-state index contributed by atoms with van der Waals surface area (Å²) in [6, 6.07) is 20.7. The monoisotopic (exact) mass is 501 g/mol. The molecule has 0 spiro atoms. The van der Waals surface area contributed by atoms with Gasteiger partial charge in [0.2, 0.25) is 0 Å². The molecule has 0 aliphatic rings. The Morgan fingerprint density at radius 1 is 1.09 bits per heavy atom. The van der Waals surface area contributed by atoms with Gasteiger partial charge in [0.15, 0.2) is 4.34 Å². The first kappa shape index (κ1) is 22.6. The number of hydrogen-bond acceptors (Lipinski definition) is 6. The van der Waals surface area contributed by atoms with E-state index in [1.807, 2.05) is 54.6 Å². The first-order chi connectivity index (χ1) is 15.6. The topological polar surface area (TPSA) is 63.6 Å². The summed E-state index contributed by atoms with van der Waals surface area (Å²) in [4.78, 5) is 16.5. The fourth-order valence-electron chi connectivity index (χ4n) is 2.70. The molecule has 0 fully saturated rings. The Morgan fingerprint density at radius 3 is 2.69 bits per heavy atom. The molecule has 0 unspecified atom stereocenters. The minimum Gasteiger partial charge on any atom is -0.489 e. The summed E-state index contributed by atoms with van der Waals surface area (Å²) < 4.78 is 7.73. The highest BCUT2D eigenvalue weighted by Crippen LogP contribution is 2.29. The van der Waals surface area contributed by atoms with Crippen LogP contribution in [0.4, 0.5) is 0 Å². The number of aromatic nitrogens is 1. The molecule has 5 nitrogen and oxygen atoms in total. The number of carbonyl (C=O) groups is 1. The highest BCUT2D eigenvalue weighted by Gasteiger charge is 2.07. The number of carbonyl (C=O) groups excluding carboxylic acids is 1. The van der Waals surface area contributed by atoms with Crippen LogP contribution in [0.5, 0.6) is 5.75 Å². The van der Waals surface area contributed by atoms with Crippen LogP contribution in [0.15, 0.2) is 76.2 Å². The second-order valence-corrected chi connectivity index (χ2v) is 9.70. The SMILES string of the molecule is O=C(CSc1nc2ccccc2s1)N/N=C/c1ccc(OCc2ccc(Cl)c(Cl)c2)cc1. The van der Waals surface area contributed by atoms with Crippen LogP contribution in [-0.4, -0.2) is 22.9 Å². The van der Waals surface area contributed by atoms with Crippen LogP contribution in [-0.2, 0) is 11.4 Å². The molecule has 1 aromatic heterocycles. The lowest BCUT2D eigenvalue weighted by atomic mass is 10.2. The molecule has 0 bridgehead atoms. The Balaban J connectivity index is 1.22. The lowest BCUT2D eigenvalue weighted by Gasteiger charge is -2.07. The highest BCUT2D eigenvalue weighted by atomic mass is 35.5. The molecule has 0 atom stereocenters. The Morgan fingerprint density at radius 2 is 1.91 bits per heavy atom. The molecule has 1 N–H and O–H groups in total. The molecular formula is C23H17Cl2N3O2S2. The van der Waals surface area contributed by atoms with Gasteiger partial charge in [-0.25, -0.2) is 10.4 Å². The van der Waals surface area contributed by atoms with Gasteiger partial charge in [0.25, 0.3) is 5.91 Å². The quantitative estimate of drug-likeness (QED) is 0.172. The standard InChI is InChI=1S/C23H17Cl2N3O2S2/c24-18-10-7-16(11-19(18)25)13-30-17-8-5-15(6-9-17)12-26-28-22(29)14-31-23-27-20-3-1-2-4-21(20)32-23/h1-12H,13-14H2,(H,28,29)/b26-12+. The molecule has 4 aromatic rings. The number of fused-ring (bicyclic) bond motifs is 1. The summed E-state index contributed by atoms with van der Waals surface area (Å²) in [5.74, 6) is 0.773. The van der Waals surface area contributed by atoms with Crippen molar-refractivity contribution < 1.29 is 9.53 Å². The number of hydrazone groups is 1. The zero-order valence-electron chi connectivity index (χ0n) is 16.6. The van der Waals surface area contributed by atoms with Gasteiger partial charge in [-0.05, 0) is 59.7 Å². The predicted octanol–water partition coefficient (Wildman–Crippen LogP) is 6.42. The molecule has 0 saturated heterocycles. The van der Waals surface area contributed by atoms with Crippen LogP contribution < -0.4 is 10.2 Å². The van der Waals surface area contributed by atoms with Crippen molar-refractivity contribution in [1.82, 2.24) is 10.4 Å². The number of ether oxygens (including phenoxy) is 1. The third-order valence-corrected chi connectivity index (χ3v) is 7.19. The zero-order valence-corrected chi connectivity index (χ0v) is 19.8. The number of halogens is 2. The van der Waals surface area contributed by atoms with Gasteiger partial charge in [0.1, 0.15) is 12.4 Å². The molecule has 32 heavy (non-hydrogen) atoms. The van der Waals surface area contributed by atoms with Crippen molar-refractivity contribution in [3.8, 4) is 5.75 Å². The fraction of sp³-hybridized carbons (Fsp3) is 0.0870. The Bertz CT molecular complexity index is 1230. The fourth-order valence-corrected chi connectivity index (χ4v) is 4.88. The molecular weight excluding hydrogens is 485 g/mol. The van der Waals surface area contributed by atoms with Gasteiger partial charge in [-0.1, -0.05) is 53.2 Å². The van der Waals surface area contributed by atoms with Crippen LogP contribution in [0.1, 0.15) is 11.1 Å². The number of amides is 1. The zero-order chi connectivity index (χ0) is 22.3. The molecule has 0 aliphatic heterocycles. The number of nitrogens with zero attached hydrogens (tertiary/aromatic N) is 2. The van der Waals surface area contributed by atoms with Crippen molar-refractivity contribution in [2.45, 2.75) is 10.9 Å². The van der Waals surface area contributed by atoms with Gasteiger partial charge in [0, 0.05) is 0 Å². The smallest absolute Gasteiger partial charge is 0.250 e. The molecule has 0 saturated carbocycles. The lowest BCUT2D eigenvalue weighted by molar-refractivity contribution is -0.118. The second-order valence-electron chi connectivity index (χ2n) is 6.64. The van der Waals surface area contributed by atoms with Gasteiger partial charge in [0.05, 0.1) is 32.2 Å². The number of nitrogens with one attached hydrogen (secondary N) is 1. The highest BCUT2D eigenvalue weighted by molar-refractivity contribution is 8.01. The van der Waals surface area contributed by atoms with Gasteiger partial charge in [-0.2, -0.15) is 5.10 Å². The van der Waals surface area contributed by atoms with E-state index in [-0.39, 0.29) is 11.7 Å². The Kier molecular flexibility index (Phi) is 7.65. The summed E-state index contributed by atoms with van der Waals surface area (Å²) in [6.45, 7) is 0.382. The molecule has 1 heterocycles. The minimum absolute atomic E-state index is 0.188. The van der Waals surface area contributed by atoms with E-state index >= 15 is 0 Å². The number of thiazole rings is 1. The van der Waals surface area contributed by atoms with Crippen molar-refractivity contribution >= 4 is 68.6 Å². The van der Waals surface area contributed by atoms with Gasteiger partial charge in [-0.15, -0.1) is 11.3 Å². The molecule has 3 aromatic carbocycles. The average molecular weight is 502 g/mol. The third-order valence-electron chi connectivity index (χ3n) is 4.27. The maximum atomic E-state index is 12.0. The van der Waals surface area contributed by atoms with E-state index < -0.39 is 0 Å². The predicted molar refractivity (Wildman–Crippen MR) is 133 cm³/mol. The summed E-state index contributed by atoms with van der Waals surface area (Å²) >= 11 is 14.9. The van der Waals surface area contributed by atoms with Gasteiger partial charge >= 0.3 is 0 Å². The van der Waals surface area contributed by atoms with Gasteiger partial charge in [-0.3, -0.25) is 4.79 Å². The number of hydrogen-bond donors (Lipinski definition) is 1. The van der Waals surface area contributed by atoms with Crippen LogP contribution in [0.2, 0.25) is 10.0 Å². The second kappa shape index (κ2) is 10.8. The molecule has 162 valence electrons. The van der Waals surface area contributed by atoms with Crippen molar-refractivity contribution in [3.63, 3.8) is 0 Å². The molecule has 1 amide bonds. The Labute approximate surface area is 203 Å². The van der Waals surface area contributed by atoms with E-state index in [9.17, 15) is 4.79 Å². The van der Waals surface area contributed by atoms with E-state index in [1.165, 1.54) is 11.8 Å². The van der Waals surface area contributed by atoms with Crippen LogP contribution >= 0.6 is 46.3 Å². The average Bonchev–Trinajstić information content (AvgIpc) is 3.22. The van der Waals surface area contributed by atoms with E-state index in [1.54, 1.807) is 29.7 Å². The first-order valence-electron chi connectivity index (χ1n) is 9.54. The largest absolute Gasteiger partial charge is 0.489 e. The van der Waals surface area contributed by atoms with E-state index in [4.69, 9.17) is 27.9 Å². The number of thioether (sulfide) groups is 1. The van der Waals surface area contributed by atoms with Crippen LogP contribution in [0.25, 0.3) is 10.2 Å². The number of para-hydroxylation sites is 1. The molecule has 0 radical (unpaired) electrons. The van der Waals surface area contributed by atoms with E-state index in [2.05, 4.69) is 15.5 Å². The van der Waals surface area contributed by atoms with Crippen molar-refractivity contribution in [3.05, 3.63) is 87.9 Å². The normalized spacial score (nSPS) is 11.2. The number of rotatable bonds is 8. The van der Waals surface area contributed by atoms with E-state index in [0.29, 0.717) is 22.4 Å². The summed E-state index contributed by atoms with van der Waals surface area (Å²) in [6.07, 6.45) is 1.59. The lowest BCUT2D eigenvalue weighted by Crippen LogP contribution is -2.19. The maximum Gasteiger partial charge on any atom is 0.250 e. The summed E-state index contributed by atoms with van der Waals surface area (Å²) in [5, 5.41) is 5.03. The van der Waals surface area contributed by atoms with Crippen molar-refractivity contribution in [2.24, 2.45) is 5.10 Å². The first-order valence-corrected chi connectivity index (χ1v) is 12.1. The molecule has 0 aliphatic carbocycles. The van der Waals surface area contributed by atoms with Crippen molar-refractivity contribution in [1.29, 1.82) is 0 Å². The van der Waals surface area contributed by atoms with Gasteiger partial charge < -0.3 is 4.74 Å². The van der Waals surface area contributed by atoms with E-state index in [0.717, 1.165) is 25.7 Å². The molecule has 9 heteroatoms. The molecule has 4 rings (SSSR count). The number of benzene rings is 3. The maximum absolute atomic E-state index is 12.0. The Hall–Kier alpha value is -2.58. The summed E-state index contributed by atoms with van der Waals surface area (Å²) in [5.41, 5.74) is 5.25. The van der Waals surface area contributed by atoms with Crippen LogP contribution in [0, 0.1) is 0 Å². The summed E-state index contributed by atoms with van der Waals surface area (Å²) in [7, 11) is 0.